The van der Waals surface area contributed by atoms with E-state index in [2.05, 4.69) is 11.2 Å². The van der Waals surface area contributed by atoms with Crippen molar-refractivity contribution in [3.63, 3.8) is 0 Å². The normalized spacial score (nSPS) is 25.1. The summed E-state index contributed by atoms with van der Waals surface area (Å²) in [5.41, 5.74) is 1.39. The van der Waals surface area contributed by atoms with Crippen molar-refractivity contribution in [2.75, 3.05) is 13.1 Å². The van der Waals surface area contributed by atoms with E-state index >= 15 is 0 Å². The summed E-state index contributed by atoms with van der Waals surface area (Å²) in [6.07, 6.45) is 4.09. The molecule has 2 aliphatic rings. The van der Waals surface area contributed by atoms with Crippen LogP contribution in [-0.4, -0.2) is 39.6 Å². The van der Waals surface area contributed by atoms with Gasteiger partial charge in [0, 0.05) is 25.7 Å². The monoisotopic (exact) mass is 267 g/mol. The number of aromatic nitrogens is 2. The van der Waals surface area contributed by atoms with E-state index in [1.165, 1.54) is 16.9 Å². The van der Waals surface area contributed by atoms with Crippen LogP contribution in [0.15, 0.2) is 23.9 Å². The highest BCUT2D eigenvalue weighted by atomic mass is 19.3. The molecule has 0 radical (unpaired) electrons. The second-order valence-corrected chi connectivity index (χ2v) is 5.21. The molecule has 102 valence electrons. The molecule has 1 aliphatic carbocycles. The summed E-state index contributed by atoms with van der Waals surface area (Å²) < 4.78 is 27.4. The van der Waals surface area contributed by atoms with Gasteiger partial charge in [-0.15, -0.1) is 0 Å². The number of hydrogen-bond acceptors (Lipinski definition) is 2. The first kappa shape index (κ1) is 12.3. The predicted molar refractivity (Wildman–Crippen MR) is 65.1 cm³/mol. The Balaban J connectivity index is 1.81. The van der Waals surface area contributed by atoms with Gasteiger partial charge < -0.3 is 4.90 Å². The molecule has 4 nitrogen and oxygen atoms in total. The van der Waals surface area contributed by atoms with Crippen LogP contribution in [0.4, 0.5) is 8.78 Å². The average molecular weight is 267 g/mol. The van der Waals surface area contributed by atoms with Crippen molar-refractivity contribution in [1.29, 1.82) is 0 Å². The molecule has 0 aromatic carbocycles. The smallest absolute Gasteiger partial charge is 0.272 e. The summed E-state index contributed by atoms with van der Waals surface area (Å²) in [7, 11) is 0. The summed E-state index contributed by atoms with van der Waals surface area (Å²) in [6.45, 7) is 3.15. The van der Waals surface area contributed by atoms with Gasteiger partial charge in [-0.05, 0) is 19.4 Å². The first-order valence-electron chi connectivity index (χ1n) is 6.35. The maximum atomic E-state index is 13.1. The Morgan fingerprint density at radius 1 is 1.53 bits per heavy atom. The molecule has 1 amide bonds. The molecule has 3 rings (SSSR count). The quantitative estimate of drug-likeness (QED) is 0.771. The Kier molecular flexibility index (Phi) is 2.69. The zero-order valence-corrected chi connectivity index (χ0v) is 10.6. The number of rotatable bonds is 2. The highest BCUT2D eigenvalue weighted by Gasteiger charge is 2.59. The van der Waals surface area contributed by atoms with Gasteiger partial charge in [0.25, 0.3) is 11.8 Å². The molecule has 1 aromatic rings. The molecule has 0 spiro atoms. The van der Waals surface area contributed by atoms with Gasteiger partial charge in [-0.2, -0.15) is 5.10 Å². The first-order chi connectivity index (χ1) is 8.99. The second-order valence-electron chi connectivity index (χ2n) is 5.21. The van der Waals surface area contributed by atoms with Gasteiger partial charge >= 0.3 is 0 Å². The van der Waals surface area contributed by atoms with Crippen LogP contribution in [0.5, 0.6) is 0 Å². The van der Waals surface area contributed by atoms with Crippen LogP contribution in [0.25, 0.3) is 0 Å². The van der Waals surface area contributed by atoms with Gasteiger partial charge in [0.05, 0.1) is 0 Å². The van der Waals surface area contributed by atoms with E-state index in [1.54, 1.807) is 4.90 Å². The van der Waals surface area contributed by atoms with Crippen LogP contribution in [0.1, 0.15) is 36.3 Å². The third-order valence-electron chi connectivity index (χ3n) is 3.60. The Morgan fingerprint density at radius 2 is 2.26 bits per heavy atom. The zero-order valence-electron chi connectivity index (χ0n) is 10.6. The molecular weight excluding hydrogens is 252 g/mol. The molecule has 1 unspecified atom stereocenters. The summed E-state index contributed by atoms with van der Waals surface area (Å²) >= 11 is 0. The number of nitrogens with zero attached hydrogens (tertiary/aromatic N) is 3. The van der Waals surface area contributed by atoms with Crippen molar-refractivity contribution in [2.24, 2.45) is 0 Å². The summed E-state index contributed by atoms with van der Waals surface area (Å²) in [6, 6.07) is 0.563. The minimum Gasteiger partial charge on any atom is -0.333 e. The minimum absolute atomic E-state index is 0.215. The highest BCUT2D eigenvalue weighted by Crippen LogP contribution is 2.52. The standard InChI is InChI=1S/C13H15F2N3O/c1-9-3-2-6-17(8-9)12(19)10-4-5-16-18(10)11-7-13(11,14)15/h3-5,11H,2,6-8H2,1H3. The van der Waals surface area contributed by atoms with Crippen molar-refractivity contribution >= 4 is 5.91 Å². The maximum Gasteiger partial charge on any atom is 0.272 e. The van der Waals surface area contributed by atoms with E-state index < -0.39 is 12.0 Å². The number of amides is 1. The Hall–Kier alpha value is -1.72. The van der Waals surface area contributed by atoms with Crippen molar-refractivity contribution < 1.29 is 13.6 Å². The second kappa shape index (κ2) is 4.15. The molecule has 1 fully saturated rings. The lowest BCUT2D eigenvalue weighted by molar-refractivity contribution is 0.0739. The fraction of sp³-hybridized carbons (Fsp3) is 0.538. The van der Waals surface area contributed by atoms with Crippen LogP contribution >= 0.6 is 0 Å². The summed E-state index contributed by atoms with van der Waals surface area (Å²) in [5, 5.41) is 3.88. The third kappa shape index (κ3) is 2.15. The minimum atomic E-state index is -2.72. The van der Waals surface area contributed by atoms with Crippen molar-refractivity contribution in [1.82, 2.24) is 14.7 Å². The Labute approximate surface area is 109 Å². The Morgan fingerprint density at radius 3 is 2.89 bits per heavy atom. The van der Waals surface area contributed by atoms with Gasteiger partial charge in [-0.3, -0.25) is 9.48 Å². The van der Waals surface area contributed by atoms with Gasteiger partial charge in [0.2, 0.25) is 0 Å². The predicted octanol–water partition coefficient (Wildman–Crippen LogP) is 2.26. The van der Waals surface area contributed by atoms with Gasteiger partial charge in [0.15, 0.2) is 0 Å². The lowest BCUT2D eigenvalue weighted by atomic mass is 10.1. The lowest BCUT2D eigenvalue weighted by Crippen LogP contribution is -2.36. The summed E-state index contributed by atoms with van der Waals surface area (Å²) in [4.78, 5) is 14.0. The molecule has 1 saturated carbocycles. The van der Waals surface area contributed by atoms with E-state index in [0.29, 0.717) is 13.1 Å². The number of alkyl halides is 2. The number of carbonyl (C=O) groups is 1. The molecule has 2 heterocycles. The maximum absolute atomic E-state index is 13.1. The number of carbonyl (C=O) groups excluding carboxylic acids is 1. The molecule has 1 aliphatic heterocycles. The molecule has 6 heteroatoms. The van der Waals surface area contributed by atoms with E-state index in [-0.39, 0.29) is 18.0 Å². The molecule has 0 saturated heterocycles. The molecule has 0 bridgehead atoms. The van der Waals surface area contributed by atoms with Crippen LogP contribution in [0, 0.1) is 0 Å². The van der Waals surface area contributed by atoms with E-state index in [4.69, 9.17) is 0 Å². The van der Waals surface area contributed by atoms with Crippen LogP contribution in [-0.2, 0) is 0 Å². The fourth-order valence-corrected chi connectivity index (χ4v) is 2.44. The Bertz CT molecular complexity index is 550. The third-order valence-corrected chi connectivity index (χ3v) is 3.60. The molecular formula is C13H15F2N3O. The zero-order chi connectivity index (χ0) is 13.6. The van der Waals surface area contributed by atoms with Crippen molar-refractivity contribution in [3.8, 4) is 0 Å². The van der Waals surface area contributed by atoms with Crippen molar-refractivity contribution in [2.45, 2.75) is 31.7 Å². The first-order valence-corrected chi connectivity index (χ1v) is 6.35. The van der Waals surface area contributed by atoms with E-state index in [9.17, 15) is 13.6 Å². The SMILES string of the molecule is CC1=CCCN(C(=O)c2ccnn2C2CC2(F)F)C1. The van der Waals surface area contributed by atoms with Gasteiger partial charge in [-0.25, -0.2) is 8.78 Å². The molecule has 1 aromatic heterocycles. The van der Waals surface area contributed by atoms with Gasteiger partial charge in [0.1, 0.15) is 11.7 Å². The average Bonchev–Trinajstić information content (AvgIpc) is 2.80. The highest BCUT2D eigenvalue weighted by molar-refractivity contribution is 5.93. The fourth-order valence-electron chi connectivity index (χ4n) is 2.44. The molecule has 19 heavy (non-hydrogen) atoms. The number of halogens is 2. The van der Waals surface area contributed by atoms with E-state index in [0.717, 1.165) is 12.0 Å². The van der Waals surface area contributed by atoms with Crippen LogP contribution in [0.2, 0.25) is 0 Å². The topological polar surface area (TPSA) is 38.1 Å². The van der Waals surface area contributed by atoms with Crippen molar-refractivity contribution in [3.05, 3.63) is 29.6 Å². The van der Waals surface area contributed by atoms with Crippen LogP contribution in [0.3, 0.4) is 0 Å². The molecule has 1 atom stereocenters. The largest absolute Gasteiger partial charge is 0.333 e. The van der Waals surface area contributed by atoms with Gasteiger partial charge in [-0.1, -0.05) is 11.6 Å². The number of hydrogen-bond donors (Lipinski definition) is 0. The summed E-state index contributed by atoms with van der Waals surface area (Å²) in [5.74, 6) is -2.94. The van der Waals surface area contributed by atoms with E-state index in [1.807, 2.05) is 6.92 Å². The lowest BCUT2D eigenvalue weighted by Gasteiger charge is -2.26. The van der Waals surface area contributed by atoms with Crippen LogP contribution < -0.4 is 0 Å². The molecule has 0 N–H and O–H groups in total.